The van der Waals surface area contributed by atoms with Gasteiger partial charge in [-0.25, -0.2) is 0 Å². The number of ether oxygens (including phenoxy) is 2. The normalized spacial score (nSPS) is 9.90. The molecule has 2 aromatic rings. The van der Waals surface area contributed by atoms with Crippen molar-refractivity contribution < 1.29 is 23.9 Å². The highest BCUT2D eigenvalue weighted by molar-refractivity contribution is 6.30. The Morgan fingerprint density at radius 1 is 1.17 bits per heavy atom. The molecule has 2 rings (SSSR count). The number of anilines is 1. The molecule has 156 valence electrons. The zero-order valence-corrected chi connectivity index (χ0v) is 17.0. The molecule has 0 aliphatic rings. The standard InChI is InChI=1S/C21H20ClN3O5/c1-29-18-8-6-15(7-9-18)21(28)24-13-20(27)30-14-19(26)25(11-3-10-23)17-5-2-4-16(22)12-17/h2,4-9,12H,3,11,13-14H2,1H3,(H,24,28). The van der Waals surface area contributed by atoms with Crippen molar-refractivity contribution in [3.8, 4) is 11.8 Å². The molecule has 0 radical (unpaired) electrons. The monoisotopic (exact) mass is 429 g/mol. The summed E-state index contributed by atoms with van der Waals surface area (Å²) in [5.41, 5.74) is 0.843. The van der Waals surface area contributed by atoms with E-state index in [1.165, 1.54) is 12.0 Å². The number of nitriles is 1. The van der Waals surface area contributed by atoms with Gasteiger partial charge >= 0.3 is 5.97 Å². The largest absolute Gasteiger partial charge is 0.497 e. The van der Waals surface area contributed by atoms with Crippen LogP contribution in [-0.2, 0) is 14.3 Å². The molecule has 0 unspecified atom stereocenters. The second-order valence-electron chi connectivity index (χ2n) is 6.01. The molecule has 0 heterocycles. The van der Waals surface area contributed by atoms with Gasteiger partial charge in [0.25, 0.3) is 11.8 Å². The lowest BCUT2D eigenvalue weighted by molar-refractivity contribution is -0.146. The zero-order valence-electron chi connectivity index (χ0n) is 16.3. The number of benzene rings is 2. The van der Waals surface area contributed by atoms with E-state index >= 15 is 0 Å². The van der Waals surface area contributed by atoms with Gasteiger partial charge in [0.05, 0.1) is 19.6 Å². The van der Waals surface area contributed by atoms with Crippen molar-refractivity contribution in [2.24, 2.45) is 0 Å². The lowest BCUT2D eigenvalue weighted by atomic mass is 10.2. The van der Waals surface area contributed by atoms with Gasteiger partial charge < -0.3 is 19.7 Å². The van der Waals surface area contributed by atoms with Gasteiger partial charge in [0.2, 0.25) is 0 Å². The van der Waals surface area contributed by atoms with Crippen LogP contribution in [0.5, 0.6) is 5.75 Å². The first-order chi connectivity index (χ1) is 14.4. The molecule has 8 nitrogen and oxygen atoms in total. The third kappa shape index (κ3) is 6.79. The Balaban J connectivity index is 1.87. The van der Waals surface area contributed by atoms with E-state index in [1.54, 1.807) is 48.5 Å². The van der Waals surface area contributed by atoms with Gasteiger partial charge in [0, 0.05) is 22.8 Å². The molecule has 0 saturated heterocycles. The highest BCUT2D eigenvalue weighted by atomic mass is 35.5. The van der Waals surface area contributed by atoms with E-state index in [9.17, 15) is 14.4 Å². The number of nitrogens with one attached hydrogen (secondary N) is 1. The predicted molar refractivity (Wildman–Crippen MR) is 110 cm³/mol. The van der Waals surface area contributed by atoms with E-state index in [0.29, 0.717) is 22.0 Å². The third-order valence-electron chi connectivity index (χ3n) is 3.97. The van der Waals surface area contributed by atoms with Gasteiger partial charge in [-0.05, 0) is 42.5 Å². The molecule has 0 aromatic heterocycles. The molecular weight excluding hydrogens is 410 g/mol. The summed E-state index contributed by atoms with van der Waals surface area (Å²) in [5, 5.41) is 11.7. The Morgan fingerprint density at radius 2 is 1.90 bits per heavy atom. The highest BCUT2D eigenvalue weighted by Crippen LogP contribution is 2.20. The Hall–Kier alpha value is -3.57. The van der Waals surface area contributed by atoms with Crippen molar-refractivity contribution >= 4 is 35.1 Å². The molecule has 0 aliphatic heterocycles. The van der Waals surface area contributed by atoms with Crippen LogP contribution in [0.2, 0.25) is 5.02 Å². The fraction of sp³-hybridized carbons (Fsp3) is 0.238. The summed E-state index contributed by atoms with van der Waals surface area (Å²) in [6.45, 7) is -0.801. The summed E-state index contributed by atoms with van der Waals surface area (Å²) < 4.78 is 9.98. The fourth-order valence-corrected chi connectivity index (χ4v) is 2.66. The van der Waals surface area contributed by atoms with Crippen LogP contribution in [0.3, 0.4) is 0 Å². The molecule has 0 spiro atoms. The average molecular weight is 430 g/mol. The molecule has 2 aromatic carbocycles. The van der Waals surface area contributed by atoms with Crippen LogP contribution in [0, 0.1) is 11.3 Å². The number of carbonyl (C=O) groups is 3. The Labute approximate surface area is 178 Å². The average Bonchev–Trinajstić information content (AvgIpc) is 2.76. The maximum atomic E-state index is 12.5. The van der Waals surface area contributed by atoms with Crippen LogP contribution in [0.1, 0.15) is 16.8 Å². The van der Waals surface area contributed by atoms with Gasteiger partial charge in [-0.3, -0.25) is 14.4 Å². The van der Waals surface area contributed by atoms with Crippen LogP contribution >= 0.6 is 11.6 Å². The Morgan fingerprint density at radius 3 is 2.53 bits per heavy atom. The van der Waals surface area contributed by atoms with E-state index in [-0.39, 0.29) is 13.0 Å². The maximum Gasteiger partial charge on any atom is 0.325 e. The molecule has 0 bridgehead atoms. The van der Waals surface area contributed by atoms with E-state index in [2.05, 4.69) is 5.32 Å². The number of esters is 1. The zero-order chi connectivity index (χ0) is 21.9. The van der Waals surface area contributed by atoms with E-state index < -0.39 is 30.9 Å². The van der Waals surface area contributed by atoms with Gasteiger partial charge in [-0.15, -0.1) is 0 Å². The Kier molecular flexibility index (Phi) is 8.66. The van der Waals surface area contributed by atoms with Gasteiger partial charge in [-0.1, -0.05) is 17.7 Å². The van der Waals surface area contributed by atoms with Crippen molar-refractivity contribution in [3.05, 3.63) is 59.1 Å². The predicted octanol–water partition coefficient (Wildman–Crippen LogP) is 2.57. The van der Waals surface area contributed by atoms with Gasteiger partial charge in [-0.2, -0.15) is 5.26 Å². The summed E-state index contributed by atoms with van der Waals surface area (Å²) in [6, 6.07) is 14.9. The van der Waals surface area contributed by atoms with Crippen molar-refractivity contribution in [1.82, 2.24) is 5.32 Å². The second kappa shape index (κ2) is 11.4. The molecule has 0 fully saturated rings. The van der Waals surface area contributed by atoms with Crippen LogP contribution in [0.15, 0.2) is 48.5 Å². The van der Waals surface area contributed by atoms with E-state index in [0.717, 1.165) is 0 Å². The minimum Gasteiger partial charge on any atom is -0.497 e. The number of amides is 2. The number of carbonyl (C=O) groups excluding carboxylic acids is 3. The molecule has 2 amide bonds. The molecule has 0 saturated carbocycles. The Bertz CT molecular complexity index is 940. The van der Waals surface area contributed by atoms with Crippen molar-refractivity contribution in [2.45, 2.75) is 6.42 Å². The number of halogens is 1. The van der Waals surface area contributed by atoms with Crippen LogP contribution < -0.4 is 15.0 Å². The summed E-state index contributed by atoms with van der Waals surface area (Å²) in [4.78, 5) is 37.8. The lowest BCUT2D eigenvalue weighted by Crippen LogP contribution is -2.37. The number of rotatable bonds is 9. The smallest absolute Gasteiger partial charge is 0.325 e. The topological polar surface area (TPSA) is 109 Å². The van der Waals surface area contributed by atoms with Gasteiger partial charge in [0.1, 0.15) is 12.3 Å². The minimum atomic E-state index is -0.767. The number of methoxy groups -OCH3 is 1. The van der Waals surface area contributed by atoms with Crippen LogP contribution in [-0.4, -0.2) is 44.6 Å². The third-order valence-corrected chi connectivity index (χ3v) is 4.21. The van der Waals surface area contributed by atoms with Crippen LogP contribution in [0.25, 0.3) is 0 Å². The second-order valence-corrected chi connectivity index (χ2v) is 6.44. The van der Waals surface area contributed by atoms with Gasteiger partial charge in [0.15, 0.2) is 6.61 Å². The first-order valence-electron chi connectivity index (χ1n) is 8.95. The minimum absolute atomic E-state index is 0.101. The highest BCUT2D eigenvalue weighted by Gasteiger charge is 2.18. The first kappa shape index (κ1) is 22.7. The van der Waals surface area contributed by atoms with E-state index in [1.807, 2.05) is 6.07 Å². The molecule has 30 heavy (non-hydrogen) atoms. The summed E-state index contributed by atoms with van der Waals surface area (Å²) >= 11 is 5.96. The van der Waals surface area contributed by atoms with E-state index in [4.69, 9.17) is 26.3 Å². The molecule has 0 atom stereocenters. The SMILES string of the molecule is COc1ccc(C(=O)NCC(=O)OCC(=O)N(CCC#N)c2cccc(Cl)c2)cc1. The quantitative estimate of drug-likeness (QED) is 0.613. The van der Waals surface area contributed by atoms with Crippen LogP contribution in [0.4, 0.5) is 5.69 Å². The molecular formula is C21H20ClN3O5. The number of hydrogen-bond donors (Lipinski definition) is 1. The lowest BCUT2D eigenvalue weighted by Gasteiger charge is -2.21. The molecule has 0 aliphatic carbocycles. The van der Waals surface area contributed by atoms with Crippen molar-refractivity contribution in [3.63, 3.8) is 0 Å². The number of hydrogen-bond acceptors (Lipinski definition) is 6. The maximum absolute atomic E-state index is 12.5. The summed E-state index contributed by atoms with van der Waals surface area (Å²) in [5.74, 6) is -1.14. The first-order valence-corrected chi connectivity index (χ1v) is 9.33. The fourth-order valence-electron chi connectivity index (χ4n) is 2.47. The van der Waals surface area contributed by atoms with Crippen molar-refractivity contribution in [1.29, 1.82) is 5.26 Å². The molecule has 9 heteroatoms. The number of nitrogens with zero attached hydrogens (tertiary/aromatic N) is 2. The summed E-state index contributed by atoms with van der Waals surface area (Å²) in [6.07, 6.45) is 0.101. The summed E-state index contributed by atoms with van der Waals surface area (Å²) in [7, 11) is 1.51. The molecule has 1 N–H and O–H groups in total. The van der Waals surface area contributed by atoms with Crippen molar-refractivity contribution in [2.75, 3.05) is 31.7 Å².